The molecule has 2 aromatic rings. The molecule has 1 heterocycles. The molecule has 0 saturated carbocycles. The molecule has 0 saturated heterocycles. The summed E-state index contributed by atoms with van der Waals surface area (Å²) >= 11 is 1.41. The lowest BCUT2D eigenvalue weighted by atomic mass is 10.2. The number of fused-ring (bicyclic) bond motifs is 1. The van der Waals surface area contributed by atoms with Crippen LogP contribution in [0.4, 0.5) is 0 Å². The molecule has 1 unspecified atom stereocenters. The van der Waals surface area contributed by atoms with Gasteiger partial charge in [-0.25, -0.2) is 15.8 Å². The summed E-state index contributed by atoms with van der Waals surface area (Å²) in [5.41, 5.74) is 3.05. The first-order valence-electron chi connectivity index (χ1n) is 5.63. The third-order valence-electron chi connectivity index (χ3n) is 2.57. The summed E-state index contributed by atoms with van der Waals surface area (Å²) in [6.07, 6.45) is 2.20. The second kappa shape index (κ2) is 5.79. The standard InChI is InChI=1S/C12H14N4OS/c1-2-10(11(17)16-13)18-12-8-5-3-4-6-9(8)14-7-15-12/h3-7,10H,2,13H2,1H3,(H,16,17). The predicted molar refractivity (Wildman–Crippen MR) is 71.8 cm³/mol. The molecule has 1 atom stereocenters. The molecule has 0 radical (unpaired) electrons. The van der Waals surface area contributed by atoms with Gasteiger partial charge >= 0.3 is 0 Å². The fourth-order valence-electron chi connectivity index (χ4n) is 1.62. The molecule has 18 heavy (non-hydrogen) atoms. The average molecular weight is 262 g/mol. The van der Waals surface area contributed by atoms with Gasteiger partial charge in [-0.3, -0.25) is 10.2 Å². The zero-order chi connectivity index (χ0) is 13.0. The highest BCUT2D eigenvalue weighted by Gasteiger charge is 2.18. The Labute approximate surface area is 109 Å². The Kier molecular flexibility index (Phi) is 4.11. The second-order valence-corrected chi connectivity index (χ2v) is 4.91. The van der Waals surface area contributed by atoms with Crippen LogP contribution >= 0.6 is 11.8 Å². The Morgan fingerprint density at radius 2 is 2.22 bits per heavy atom. The molecule has 0 bridgehead atoms. The van der Waals surface area contributed by atoms with Crippen molar-refractivity contribution >= 4 is 28.6 Å². The van der Waals surface area contributed by atoms with Crippen molar-refractivity contribution in [3.05, 3.63) is 30.6 Å². The molecule has 0 aliphatic rings. The first-order chi connectivity index (χ1) is 8.76. The SMILES string of the molecule is CCC(Sc1ncnc2ccccc12)C(=O)NN. The molecule has 1 aromatic heterocycles. The number of carbonyl (C=O) groups excluding carboxylic acids is 1. The summed E-state index contributed by atoms with van der Waals surface area (Å²) in [4.78, 5) is 20.0. The van der Waals surface area contributed by atoms with E-state index in [0.29, 0.717) is 6.42 Å². The average Bonchev–Trinajstić information content (AvgIpc) is 2.44. The number of hydrazine groups is 1. The normalized spacial score (nSPS) is 12.3. The molecule has 94 valence electrons. The summed E-state index contributed by atoms with van der Waals surface area (Å²) in [7, 11) is 0. The van der Waals surface area contributed by atoms with Crippen molar-refractivity contribution in [1.82, 2.24) is 15.4 Å². The van der Waals surface area contributed by atoms with Crippen molar-refractivity contribution in [3.8, 4) is 0 Å². The van der Waals surface area contributed by atoms with Crippen LogP contribution in [-0.2, 0) is 4.79 Å². The summed E-state index contributed by atoms with van der Waals surface area (Å²) < 4.78 is 0. The van der Waals surface area contributed by atoms with E-state index >= 15 is 0 Å². The van der Waals surface area contributed by atoms with Gasteiger partial charge in [0.2, 0.25) is 5.91 Å². The number of nitrogens with two attached hydrogens (primary N) is 1. The van der Waals surface area contributed by atoms with Gasteiger partial charge in [-0.1, -0.05) is 36.9 Å². The maximum atomic E-state index is 11.6. The van der Waals surface area contributed by atoms with Crippen LogP contribution in [-0.4, -0.2) is 21.1 Å². The van der Waals surface area contributed by atoms with Crippen LogP contribution in [0.1, 0.15) is 13.3 Å². The predicted octanol–water partition coefficient (Wildman–Crippen LogP) is 1.49. The van der Waals surface area contributed by atoms with Crippen LogP contribution < -0.4 is 11.3 Å². The molecule has 0 spiro atoms. The van der Waals surface area contributed by atoms with E-state index in [1.54, 1.807) is 0 Å². The Morgan fingerprint density at radius 1 is 1.44 bits per heavy atom. The molecule has 6 heteroatoms. The highest BCUT2D eigenvalue weighted by atomic mass is 32.2. The van der Waals surface area contributed by atoms with Crippen molar-refractivity contribution in [1.29, 1.82) is 0 Å². The van der Waals surface area contributed by atoms with Crippen LogP contribution in [0.5, 0.6) is 0 Å². The zero-order valence-electron chi connectivity index (χ0n) is 9.96. The Morgan fingerprint density at radius 3 is 2.94 bits per heavy atom. The van der Waals surface area contributed by atoms with E-state index in [0.717, 1.165) is 15.9 Å². The van der Waals surface area contributed by atoms with Crippen molar-refractivity contribution in [2.75, 3.05) is 0 Å². The lowest BCUT2D eigenvalue weighted by molar-refractivity contribution is -0.120. The number of hydrogen-bond acceptors (Lipinski definition) is 5. The number of carbonyl (C=O) groups is 1. The largest absolute Gasteiger partial charge is 0.293 e. The Bertz CT molecular complexity index is 555. The van der Waals surface area contributed by atoms with Gasteiger partial charge in [-0.05, 0) is 12.5 Å². The second-order valence-electron chi connectivity index (χ2n) is 3.72. The first kappa shape index (κ1) is 12.8. The molecule has 5 nitrogen and oxygen atoms in total. The molecular formula is C12H14N4OS. The van der Waals surface area contributed by atoms with E-state index in [2.05, 4.69) is 15.4 Å². The summed E-state index contributed by atoms with van der Waals surface area (Å²) in [5.74, 6) is 4.98. The van der Waals surface area contributed by atoms with Crippen LogP contribution in [0.2, 0.25) is 0 Å². The lowest BCUT2D eigenvalue weighted by Gasteiger charge is -2.12. The van der Waals surface area contributed by atoms with Crippen LogP contribution in [0.15, 0.2) is 35.6 Å². The number of rotatable bonds is 4. The lowest BCUT2D eigenvalue weighted by Crippen LogP contribution is -2.37. The molecule has 3 N–H and O–H groups in total. The quantitative estimate of drug-likeness (QED) is 0.287. The number of benzene rings is 1. The minimum atomic E-state index is -0.242. The monoisotopic (exact) mass is 262 g/mol. The minimum absolute atomic E-state index is 0.190. The molecule has 0 aliphatic carbocycles. The number of aromatic nitrogens is 2. The van der Waals surface area contributed by atoms with Gasteiger partial charge in [0.05, 0.1) is 10.8 Å². The van der Waals surface area contributed by atoms with Crippen LogP contribution in [0, 0.1) is 0 Å². The summed E-state index contributed by atoms with van der Waals surface area (Å²) in [6.45, 7) is 1.94. The van der Waals surface area contributed by atoms with E-state index in [1.165, 1.54) is 18.1 Å². The van der Waals surface area contributed by atoms with Crippen molar-refractivity contribution in [3.63, 3.8) is 0 Å². The highest BCUT2D eigenvalue weighted by molar-refractivity contribution is 8.00. The number of thioether (sulfide) groups is 1. The van der Waals surface area contributed by atoms with Crippen molar-refractivity contribution in [2.24, 2.45) is 5.84 Å². The van der Waals surface area contributed by atoms with Crippen LogP contribution in [0.3, 0.4) is 0 Å². The zero-order valence-corrected chi connectivity index (χ0v) is 10.8. The number of amides is 1. The smallest absolute Gasteiger partial charge is 0.247 e. The van der Waals surface area contributed by atoms with E-state index in [1.807, 2.05) is 31.2 Å². The number of para-hydroxylation sites is 1. The Balaban J connectivity index is 2.33. The third kappa shape index (κ3) is 2.60. The van der Waals surface area contributed by atoms with Gasteiger partial charge in [0.15, 0.2) is 0 Å². The highest BCUT2D eigenvalue weighted by Crippen LogP contribution is 2.29. The fourth-order valence-corrected chi connectivity index (χ4v) is 2.64. The number of hydrogen-bond donors (Lipinski definition) is 2. The van der Waals surface area contributed by atoms with Gasteiger partial charge in [-0.15, -0.1) is 0 Å². The van der Waals surface area contributed by atoms with Gasteiger partial charge < -0.3 is 0 Å². The summed E-state index contributed by atoms with van der Waals surface area (Å²) in [6, 6.07) is 7.73. The van der Waals surface area contributed by atoms with E-state index in [-0.39, 0.29) is 11.2 Å². The molecule has 2 rings (SSSR count). The molecular weight excluding hydrogens is 248 g/mol. The Hall–Kier alpha value is -1.66. The first-order valence-corrected chi connectivity index (χ1v) is 6.51. The summed E-state index contributed by atoms with van der Waals surface area (Å²) in [5, 5.41) is 1.51. The number of nitrogens with zero attached hydrogens (tertiary/aromatic N) is 2. The van der Waals surface area contributed by atoms with Crippen LogP contribution in [0.25, 0.3) is 10.9 Å². The van der Waals surface area contributed by atoms with Gasteiger partial charge in [0.1, 0.15) is 11.4 Å². The fraction of sp³-hybridized carbons (Fsp3) is 0.250. The van der Waals surface area contributed by atoms with Gasteiger partial charge in [0.25, 0.3) is 0 Å². The van der Waals surface area contributed by atoms with Gasteiger partial charge in [-0.2, -0.15) is 0 Å². The van der Waals surface area contributed by atoms with Crippen molar-refractivity contribution < 1.29 is 4.79 Å². The van der Waals surface area contributed by atoms with E-state index in [9.17, 15) is 4.79 Å². The maximum absolute atomic E-state index is 11.6. The molecule has 0 fully saturated rings. The van der Waals surface area contributed by atoms with Gasteiger partial charge in [0, 0.05) is 5.39 Å². The number of nitrogens with one attached hydrogen (secondary N) is 1. The van der Waals surface area contributed by atoms with Crippen molar-refractivity contribution in [2.45, 2.75) is 23.6 Å². The molecule has 1 amide bonds. The topological polar surface area (TPSA) is 80.9 Å². The van der Waals surface area contributed by atoms with E-state index < -0.39 is 0 Å². The molecule has 1 aromatic carbocycles. The third-order valence-corrected chi connectivity index (χ3v) is 3.95. The molecule has 0 aliphatic heterocycles. The maximum Gasteiger partial charge on any atom is 0.247 e. The van der Waals surface area contributed by atoms with E-state index in [4.69, 9.17) is 5.84 Å². The minimum Gasteiger partial charge on any atom is -0.293 e.